The van der Waals surface area contributed by atoms with E-state index < -0.39 is 0 Å². The third kappa shape index (κ3) is 3.99. The largest absolute Gasteiger partial charge is 0.311 e. The van der Waals surface area contributed by atoms with Crippen LogP contribution in [-0.4, -0.2) is 44.3 Å². The van der Waals surface area contributed by atoms with Gasteiger partial charge in [0.15, 0.2) is 0 Å². The lowest BCUT2D eigenvalue weighted by Gasteiger charge is -2.31. The minimum absolute atomic E-state index is 0.189. The van der Waals surface area contributed by atoms with E-state index in [2.05, 4.69) is 64.5 Å². The fourth-order valence-electron chi connectivity index (χ4n) is 3.37. The lowest BCUT2D eigenvalue weighted by atomic mass is 10.00. The second-order valence-electron chi connectivity index (χ2n) is 6.98. The molecule has 1 aliphatic heterocycles. The third-order valence-electron chi connectivity index (χ3n) is 4.67. The van der Waals surface area contributed by atoms with Crippen LogP contribution in [0.5, 0.6) is 0 Å². The number of aromatic nitrogens is 3. The summed E-state index contributed by atoms with van der Waals surface area (Å²) >= 11 is 0. The van der Waals surface area contributed by atoms with Crippen LogP contribution in [-0.2, 0) is 13.1 Å². The van der Waals surface area contributed by atoms with Crippen LogP contribution < -0.4 is 5.32 Å². The number of nitrogens with zero attached hydrogens (tertiary/aromatic N) is 5. The highest BCUT2D eigenvalue weighted by atomic mass is 15.3. The summed E-state index contributed by atoms with van der Waals surface area (Å²) in [6.07, 6.45) is 2.74. The minimum Gasteiger partial charge on any atom is -0.311 e. The van der Waals surface area contributed by atoms with E-state index in [4.69, 9.17) is 5.26 Å². The monoisotopic (exact) mass is 324 g/mol. The second-order valence-corrected chi connectivity index (χ2v) is 6.98. The molecule has 1 atom stereocenters. The molecule has 3 rings (SSSR count). The minimum atomic E-state index is 0.189. The molecule has 1 fully saturated rings. The highest BCUT2D eigenvalue weighted by Crippen LogP contribution is 2.30. The molecule has 2 heterocycles. The first-order valence-electron chi connectivity index (χ1n) is 8.39. The van der Waals surface area contributed by atoms with Gasteiger partial charge in [0.25, 0.3) is 5.82 Å². The van der Waals surface area contributed by atoms with Crippen LogP contribution in [0.4, 0.5) is 0 Å². The van der Waals surface area contributed by atoms with Crippen LogP contribution in [0.1, 0.15) is 31.7 Å². The van der Waals surface area contributed by atoms with E-state index in [1.165, 1.54) is 5.56 Å². The quantitative estimate of drug-likeness (QED) is 0.877. The van der Waals surface area contributed by atoms with Crippen molar-refractivity contribution in [1.29, 1.82) is 5.26 Å². The summed E-state index contributed by atoms with van der Waals surface area (Å²) in [6, 6.07) is 13.1. The average molecular weight is 324 g/mol. The van der Waals surface area contributed by atoms with Crippen molar-refractivity contribution in [2.45, 2.75) is 44.9 Å². The zero-order valence-corrected chi connectivity index (χ0v) is 14.3. The molecule has 6 heteroatoms. The summed E-state index contributed by atoms with van der Waals surface area (Å²) in [5, 5.41) is 16.4. The number of rotatable bonds is 6. The van der Waals surface area contributed by atoms with E-state index in [0.717, 1.165) is 32.6 Å². The molecule has 0 radical (unpaired) electrons. The van der Waals surface area contributed by atoms with Gasteiger partial charge in [-0.1, -0.05) is 30.3 Å². The molecule has 1 saturated heterocycles. The van der Waals surface area contributed by atoms with E-state index in [-0.39, 0.29) is 11.4 Å². The van der Waals surface area contributed by atoms with E-state index >= 15 is 0 Å². The van der Waals surface area contributed by atoms with Gasteiger partial charge in [-0.2, -0.15) is 5.26 Å². The number of hydrogen-bond acceptors (Lipinski definition) is 5. The van der Waals surface area contributed by atoms with Gasteiger partial charge >= 0.3 is 0 Å². The first-order valence-corrected chi connectivity index (χ1v) is 8.39. The van der Waals surface area contributed by atoms with Crippen molar-refractivity contribution in [3.05, 3.63) is 48.0 Å². The van der Waals surface area contributed by atoms with Gasteiger partial charge in [-0.3, -0.25) is 9.58 Å². The number of likely N-dealkylation sites (tertiary alicyclic amines) is 1. The predicted molar refractivity (Wildman–Crippen MR) is 92.1 cm³/mol. The molecule has 0 bridgehead atoms. The molecule has 24 heavy (non-hydrogen) atoms. The van der Waals surface area contributed by atoms with Gasteiger partial charge < -0.3 is 5.32 Å². The number of benzene rings is 1. The fourth-order valence-corrected chi connectivity index (χ4v) is 3.37. The molecule has 1 aromatic heterocycles. The predicted octanol–water partition coefficient (Wildman–Crippen LogP) is 1.79. The Balaban J connectivity index is 1.50. The first kappa shape index (κ1) is 16.6. The van der Waals surface area contributed by atoms with Gasteiger partial charge in [-0.15, -0.1) is 5.10 Å². The van der Waals surface area contributed by atoms with E-state index in [0.29, 0.717) is 6.04 Å². The van der Waals surface area contributed by atoms with Gasteiger partial charge in [0, 0.05) is 31.2 Å². The normalized spacial score (nSPS) is 20.1. The molecule has 0 saturated carbocycles. The lowest BCUT2D eigenvalue weighted by Crippen LogP contribution is -2.37. The summed E-state index contributed by atoms with van der Waals surface area (Å²) < 4.78 is 1.72. The summed E-state index contributed by atoms with van der Waals surface area (Å²) in [7, 11) is 0. The summed E-state index contributed by atoms with van der Waals surface area (Å²) in [5.74, 6) is 0.228. The summed E-state index contributed by atoms with van der Waals surface area (Å²) in [6.45, 7) is 8.21. The van der Waals surface area contributed by atoms with E-state index in [1.807, 2.05) is 6.07 Å². The van der Waals surface area contributed by atoms with Crippen LogP contribution >= 0.6 is 0 Å². The molecule has 1 aromatic carbocycles. The van der Waals surface area contributed by atoms with Crippen molar-refractivity contribution in [3.63, 3.8) is 0 Å². The summed E-state index contributed by atoms with van der Waals surface area (Å²) in [4.78, 5) is 6.47. The van der Waals surface area contributed by atoms with Crippen LogP contribution in [0.3, 0.4) is 0 Å². The van der Waals surface area contributed by atoms with Gasteiger partial charge in [0.2, 0.25) is 0 Å². The van der Waals surface area contributed by atoms with Crippen molar-refractivity contribution < 1.29 is 0 Å². The van der Waals surface area contributed by atoms with Crippen LogP contribution in [0, 0.1) is 11.3 Å². The van der Waals surface area contributed by atoms with E-state index in [9.17, 15) is 0 Å². The number of nitriles is 1. The SMILES string of the molecule is CC1(C)CC(NCCn2cnc(C#N)n2)CN1Cc1ccccc1. The van der Waals surface area contributed by atoms with Gasteiger partial charge in [-0.25, -0.2) is 4.98 Å². The van der Waals surface area contributed by atoms with Crippen molar-refractivity contribution in [2.75, 3.05) is 13.1 Å². The molecule has 0 aliphatic carbocycles. The van der Waals surface area contributed by atoms with Crippen molar-refractivity contribution in [3.8, 4) is 6.07 Å². The Morgan fingerprint density at radius 2 is 2.12 bits per heavy atom. The second kappa shape index (κ2) is 7.12. The maximum Gasteiger partial charge on any atom is 0.252 e. The molecule has 126 valence electrons. The molecule has 0 amide bonds. The smallest absolute Gasteiger partial charge is 0.252 e. The Hall–Kier alpha value is -2.23. The highest BCUT2D eigenvalue weighted by molar-refractivity contribution is 5.15. The topological polar surface area (TPSA) is 69.8 Å². The van der Waals surface area contributed by atoms with Gasteiger partial charge in [0.1, 0.15) is 12.4 Å². The Bertz CT molecular complexity index is 700. The lowest BCUT2D eigenvalue weighted by molar-refractivity contribution is 0.166. The van der Waals surface area contributed by atoms with Crippen LogP contribution in [0.2, 0.25) is 0 Å². The van der Waals surface area contributed by atoms with Crippen LogP contribution in [0.25, 0.3) is 0 Å². The molecular formula is C18H24N6. The molecule has 1 aliphatic rings. The Labute approximate surface area is 143 Å². The first-order chi connectivity index (χ1) is 11.6. The highest BCUT2D eigenvalue weighted by Gasteiger charge is 2.37. The van der Waals surface area contributed by atoms with Crippen molar-refractivity contribution >= 4 is 0 Å². The maximum atomic E-state index is 8.75. The van der Waals surface area contributed by atoms with Crippen LogP contribution in [0.15, 0.2) is 36.7 Å². The number of nitrogens with one attached hydrogen (secondary N) is 1. The van der Waals surface area contributed by atoms with Gasteiger partial charge in [-0.05, 0) is 25.8 Å². The third-order valence-corrected chi connectivity index (χ3v) is 4.67. The molecular weight excluding hydrogens is 300 g/mol. The van der Waals surface area contributed by atoms with E-state index in [1.54, 1.807) is 11.0 Å². The Morgan fingerprint density at radius 3 is 2.83 bits per heavy atom. The zero-order chi connectivity index (χ0) is 17.0. The molecule has 0 spiro atoms. The Morgan fingerprint density at radius 1 is 1.33 bits per heavy atom. The van der Waals surface area contributed by atoms with Crippen molar-refractivity contribution in [1.82, 2.24) is 25.0 Å². The zero-order valence-electron chi connectivity index (χ0n) is 14.3. The fraction of sp³-hybridized carbons (Fsp3) is 0.500. The van der Waals surface area contributed by atoms with Crippen molar-refractivity contribution in [2.24, 2.45) is 0 Å². The molecule has 6 nitrogen and oxygen atoms in total. The molecule has 1 N–H and O–H groups in total. The summed E-state index contributed by atoms with van der Waals surface area (Å²) in [5.41, 5.74) is 1.55. The standard InChI is InChI=1S/C18H24N6/c1-18(2)10-16(13-23(18)12-15-6-4-3-5-7-15)20-8-9-24-14-21-17(11-19)22-24/h3-7,14,16,20H,8-10,12-13H2,1-2H3. The molecule has 1 unspecified atom stereocenters. The van der Waals surface area contributed by atoms with Gasteiger partial charge in [0.05, 0.1) is 6.54 Å². The molecule has 2 aromatic rings. The maximum absolute atomic E-state index is 8.75. The average Bonchev–Trinajstić information content (AvgIpc) is 3.13. The number of hydrogen-bond donors (Lipinski definition) is 1. The Kier molecular flexibility index (Phi) is 4.93.